The van der Waals surface area contributed by atoms with Gasteiger partial charge in [0.05, 0.1) is 12.1 Å². The van der Waals surface area contributed by atoms with E-state index < -0.39 is 6.10 Å². The molecule has 0 spiro atoms. The van der Waals surface area contributed by atoms with Crippen molar-refractivity contribution in [2.45, 2.75) is 32.9 Å². The molecule has 1 aromatic carbocycles. The second-order valence-corrected chi connectivity index (χ2v) is 5.16. The van der Waals surface area contributed by atoms with Gasteiger partial charge in [-0.3, -0.25) is 0 Å². The number of aryl methyl sites for hydroxylation is 1. The molecule has 0 saturated carbocycles. The Morgan fingerprint density at radius 1 is 1.40 bits per heavy atom. The van der Waals surface area contributed by atoms with Gasteiger partial charge >= 0.3 is 6.03 Å². The van der Waals surface area contributed by atoms with Crippen molar-refractivity contribution in [1.29, 1.82) is 0 Å². The number of urea groups is 1. The molecule has 0 heterocycles. The van der Waals surface area contributed by atoms with E-state index in [1.807, 2.05) is 38.1 Å². The summed E-state index contributed by atoms with van der Waals surface area (Å²) in [4.78, 5) is 13.3. The van der Waals surface area contributed by atoms with E-state index in [1.54, 1.807) is 14.0 Å². The predicted octanol–water partition coefficient (Wildman–Crippen LogP) is 1.78. The second-order valence-electron chi connectivity index (χ2n) is 5.16. The van der Waals surface area contributed by atoms with Gasteiger partial charge in [0.1, 0.15) is 12.4 Å². The minimum Gasteiger partial charge on any atom is -0.491 e. The Morgan fingerprint density at radius 3 is 2.65 bits per heavy atom. The zero-order chi connectivity index (χ0) is 15.1. The lowest BCUT2D eigenvalue weighted by atomic mass is 10.2. The molecule has 2 unspecified atom stereocenters. The van der Waals surface area contributed by atoms with Crippen LogP contribution in [0.4, 0.5) is 4.79 Å². The van der Waals surface area contributed by atoms with Crippen molar-refractivity contribution in [3.8, 4) is 5.75 Å². The molecule has 1 aromatic rings. The number of benzene rings is 1. The third kappa shape index (κ3) is 5.48. The molecule has 0 fully saturated rings. The molecular weight excluding hydrogens is 256 g/mol. The Labute approximate surface area is 120 Å². The third-order valence-corrected chi connectivity index (χ3v) is 2.84. The van der Waals surface area contributed by atoms with E-state index >= 15 is 0 Å². The van der Waals surface area contributed by atoms with Crippen LogP contribution >= 0.6 is 0 Å². The Balaban J connectivity index is 2.38. The molecule has 0 aliphatic rings. The van der Waals surface area contributed by atoms with Gasteiger partial charge in [-0.1, -0.05) is 18.2 Å². The highest BCUT2D eigenvalue weighted by Gasteiger charge is 2.14. The predicted molar refractivity (Wildman–Crippen MR) is 79.0 cm³/mol. The molecule has 0 aliphatic carbocycles. The summed E-state index contributed by atoms with van der Waals surface area (Å²) in [5.41, 5.74) is 1.07. The second kappa shape index (κ2) is 7.75. The number of amides is 2. The maximum atomic E-state index is 11.8. The zero-order valence-corrected chi connectivity index (χ0v) is 12.6. The van der Waals surface area contributed by atoms with Crippen molar-refractivity contribution in [2.24, 2.45) is 0 Å². The smallest absolute Gasteiger partial charge is 0.317 e. The number of hydrogen-bond donors (Lipinski definition) is 2. The minimum absolute atomic E-state index is 0.112. The van der Waals surface area contributed by atoms with Crippen molar-refractivity contribution < 1.29 is 14.6 Å². The molecule has 112 valence electrons. The van der Waals surface area contributed by atoms with Crippen LogP contribution in [0.25, 0.3) is 0 Å². The molecule has 5 heteroatoms. The van der Waals surface area contributed by atoms with Gasteiger partial charge < -0.3 is 20.1 Å². The first-order valence-electron chi connectivity index (χ1n) is 6.78. The number of likely N-dealkylation sites (N-methyl/N-ethyl adjacent to an activating group) is 1. The summed E-state index contributed by atoms with van der Waals surface area (Å²) >= 11 is 0. The van der Waals surface area contributed by atoms with E-state index in [9.17, 15) is 9.90 Å². The molecule has 2 amide bonds. The van der Waals surface area contributed by atoms with Crippen molar-refractivity contribution in [3.63, 3.8) is 0 Å². The van der Waals surface area contributed by atoms with Crippen LogP contribution in [0.2, 0.25) is 0 Å². The molecule has 2 N–H and O–H groups in total. The van der Waals surface area contributed by atoms with Crippen molar-refractivity contribution in [3.05, 3.63) is 29.8 Å². The summed E-state index contributed by atoms with van der Waals surface area (Å²) < 4.78 is 5.68. The standard InChI is InChI=1S/C15H24N2O3/c1-11-7-5-6-8-14(11)20-10-12(2)16-15(19)17(4)9-13(3)18/h5-8,12-13,18H,9-10H2,1-4H3,(H,16,19). The fourth-order valence-corrected chi connectivity index (χ4v) is 1.78. The molecule has 0 aliphatic heterocycles. The molecule has 0 bridgehead atoms. The SMILES string of the molecule is Cc1ccccc1OCC(C)NC(=O)N(C)CC(C)O. The number of nitrogens with one attached hydrogen (secondary N) is 1. The lowest BCUT2D eigenvalue weighted by Gasteiger charge is -2.22. The molecule has 20 heavy (non-hydrogen) atoms. The summed E-state index contributed by atoms with van der Waals surface area (Å²) in [5.74, 6) is 0.825. The van der Waals surface area contributed by atoms with E-state index in [2.05, 4.69) is 5.32 Å². The number of aliphatic hydroxyl groups excluding tert-OH is 1. The quantitative estimate of drug-likeness (QED) is 0.835. The van der Waals surface area contributed by atoms with Crippen LogP contribution in [0.15, 0.2) is 24.3 Å². The Kier molecular flexibility index (Phi) is 6.31. The molecule has 5 nitrogen and oxygen atoms in total. The number of hydrogen-bond acceptors (Lipinski definition) is 3. The Bertz CT molecular complexity index is 435. The van der Waals surface area contributed by atoms with Gasteiger partial charge in [-0.05, 0) is 32.4 Å². The summed E-state index contributed by atoms with van der Waals surface area (Å²) in [5, 5.41) is 12.1. The van der Waals surface area contributed by atoms with Crippen molar-refractivity contribution >= 4 is 6.03 Å². The lowest BCUT2D eigenvalue weighted by molar-refractivity contribution is 0.141. The number of carbonyl (C=O) groups excluding carboxylic acids is 1. The summed E-state index contributed by atoms with van der Waals surface area (Å²) in [6.45, 7) is 6.21. The summed E-state index contributed by atoms with van der Waals surface area (Å²) in [7, 11) is 1.65. The monoisotopic (exact) mass is 280 g/mol. The third-order valence-electron chi connectivity index (χ3n) is 2.84. The number of rotatable bonds is 6. The summed E-state index contributed by atoms with van der Waals surface area (Å²) in [6, 6.07) is 7.43. The fourth-order valence-electron chi connectivity index (χ4n) is 1.78. The van der Waals surface area contributed by atoms with Crippen LogP contribution in [0.1, 0.15) is 19.4 Å². The van der Waals surface area contributed by atoms with E-state index in [0.29, 0.717) is 13.2 Å². The van der Waals surface area contributed by atoms with Gasteiger partial charge in [0.2, 0.25) is 0 Å². The number of aliphatic hydroxyl groups is 1. The van der Waals surface area contributed by atoms with Gasteiger partial charge in [-0.2, -0.15) is 0 Å². The van der Waals surface area contributed by atoms with Gasteiger partial charge in [0, 0.05) is 13.6 Å². The van der Waals surface area contributed by atoms with Crippen LogP contribution < -0.4 is 10.1 Å². The van der Waals surface area contributed by atoms with Crippen LogP contribution in [0.5, 0.6) is 5.75 Å². The lowest BCUT2D eigenvalue weighted by Crippen LogP contribution is -2.46. The average molecular weight is 280 g/mol. The van der Waals surface area contributed by atoms with E-state index in [-0.39, 0.29) is 12.1 Å². The van der Waals surface area contributed by atoms with Crippen LogP contribution in [0.3, 0.4) is 0 Å². The van der Waals surface area contributed by atoms with Gasteiger partial charge in [-0.25, -0.2) is 4.79 Å². The van der Waals surface area contributed by atoms with Crippen LogP contribution in [-0.2, 0) is 0 Å². The summed E-state index contributed by atoms with van der Waals surface area (Å²) in [6.07, 6.45) is -0.538. The average Bonchev–Trinajstić information content (AvgIpc) is 2.37. The van der Waals surface area contributed by atoms with Gasteiger partial charge in [-0.15, -0.1) is 0 Å². The van der Waals surface area contributed by atoms with Crippen LogP contribution in [-0.4, -0.2) is 48.4 Å². The molecule has 2 atom stereocenters. The van der Waals surface area contributed by atoms with Gasteiger partial charge in [0.15, 0.2) is 0 Å². The highest BCUT2D eigenvalue weighted by atomic mass is 16.5. The highest BCUT2D eigenvalue weighted by molar-refractivity contribution is 5.74. The maximum absolute atomic E-state index is 11.8. The molecule has 0 radical (unpaired) electrons. The topological polar surface area (TPSA) is 61.8 Å². The maximum Gasteiger partial charge on any atom is 0.317 e. The number of nitrogens with zero attached hydrogens (tertiary/aromatic N) is 1. The highest BCUT2D eigenvalue weighted by Crippen LogP contribution is 2.16. The van der Waals surface area contributed by atoms with Gasteiger partial charge in [0.25, 0.3) is 0 Å². The van der Waals surface area contributed by atoms with E-state index in [0.717, 1.165) is 11.3 Å². The number of carbonyl (C=O) groups is 1. The fraction of sp³-hybridized carbons (Fsp3) is 0.533. The number of ether oxygens (including phenoxy) is 1. The molecule has 1 rings (SSSR count). The van der Waals surface area contributed by atoms with Crippen molar-refractivity contribution in [1.82, 2.24) is 10.2 Å². The van der Waals surface area contributed by atoms with Crippen molar-refractivity contribution in [2.75, 3.05) is 20.2 Å². The normalized spacial score (nSPS) is 13.4. The van der Waals surface area contributed by atoms with Crippen LogP contribution in [0, 0.1) is 6.92 Å². The van der Waals surface area contributed by atoms with E-state index in [1.165, 1.54) is 4.90 Å². The largest absolute Gasteiger partial charge is 0.491 e. The Morgan fingerprint density at radius 2 is 2.05 bits per heavy atom. The first-order chi connectivity index (χ1) is 9.40. The zero-order valence-electron chi connectivity index (χ0n) is 12.6. The first-order valence-corrected chi connectivity index (χ1v) is 6.78. The first kappa shape index (κ1) is 16.3. The minimum atomic E-state index is -0.538. The van der Waals surface area contributed by atoms with E-state index in [4.69, 9.17) is 4.74 Å². The number of para-hydroxylation sites is 1. The Hall–Kier alpha value is -1.75. The molecule has 0 saturated heterocycles. The molecular formula is C15H24N2O3. The molecule has 0 aromatic heterocycles.